The third-order valence-corrected chi connectivity index (χ3v) is 4.97. The van der Waals surface area contributed by atoms with Crippen molar-refractivity contribution >= 4 is 22.4 Å². The second-order valence-corrected chi connectivity index (χ2v) is 7.12. The molecular weight excluding hydrogens is 350 g/mol. The number of thiophene rings is 1. The van der Waals surface area contributed by atoms with E-state index in [-0.39, 0.29) is 11.7 Å². The van der Waals surface area contributed by atoms with Gasteiger partial charge in [0.05, 0.1) is 17.2 Å². The molecule has 2 amide bonds. The minimum atomic E-state index is -0.287. The van der Waals surface area contributed by atoms with E-state index >= 15 is 0 Å². The minimum Gasteiger partial charge on any atom is -0.336 e. The van der Waals surface area contributed by atoms with Gasteiger partial charge in [0.25, 0.3) is 0 Å². The van der Waals surface area contributed by atoms with Gasteiger partial charge < -0.3 is 5.32 Å². The Labute approximate surface area is 154 Å². The number of hydrogen-bond acceptors (Lipinski definition) is 4. The summed E-state index contributed by atoms with van der Waals surface area (Å²) >= 11 is 1.45. The molecule has 7 nitrogen and oxygen atoms in total. The summed E-state index contributed by atoms with van der Waals surface area (Å²) in [5, 5.41) is 12.7. The van der Waals surface area contributed by atoms with Crippen LogP contribution in [0, 0.1) is 0 Å². The zero-order chi connectivity index (χ0) is 17.9. The van der Waals surface area contributed by atoms with E-state index in [2.05, 4.69) is 15.7 Å². The minimum absolute atomic E-state index is 0.168. The van der Waals surface area contributed by atoms with Gasteiger partial charge in [0.15, 0.2) is 0 Å². The molecule has 26 heavy (non-hydrogen) atoms. The van der Waals surface area contributed by atoms with Gasteiger partial charge in [-0.1, -0.05) is 18.2 Å². The number of anilines is 1. The van der Waals surface area contributed by atoms with Gasteiger partial charge in [-0.25, -0.2) is 18.8 Å². The van der Waals surface area contributed by atoms with E-state index in [1.54, 1.807) is 4.57 Å². The van der Waals surface area contributed by atoms with E-state index in [1.807, 2.05) is 47.8 Å². The second-order valence-electron chi connectivity index (χ2n) is 6.17. The Morgan fingerprint density at radius 2 is 2.00 bits per heavy atom. The maximum atomic E-state index is 12.8. The van der Waals surface area contributed by atoms with Crippen molar-refractivity contribution in [2.75, 3.05) is 11.9 Å². The molecule has 2 aromatic heterocycles. The lowest BCUT2D eigenvalue weighted by Gasteiger charge is -2.05. The standard InChI is InChI=1S/C18H19N5O2S/c24-17(20-15-7-4-12-26-15)19-10-11-22-18(25)23(14-5-2-1-3-6-14)16(21-22)13-8-9-13/h1-7,12-13H,8-11H2,(H2,19,20,24). The molecule has 0 spiro atoms. The molecule has 0 aliphatic heterocycles. The highest BCUT2D eigenvalue weighted by molar-refractivity contribution is 7.14. The first-order valence-corrected chi connectivity index (χ1v) is 9.44. The summed E-state index contributed by atoms with van der Waals surface area (Å²) in [6.45, 7) is 0.656. The van der Waals surface area contributed by atoms with Crippen LogP contribution in [0.25, 0.3) is 5.69 Å². The van der Waals surface area contributed by atoms with Gasteiger partial charge in [0, 0.05) is 12.5 Å². The lowest BCUT2D eigenvalue weighted by atomic mass is 10.3. The number of carbonyl (C=O) groups is 1. The smallest absolute Gasteiger partial charge is 0.336 e. The summed E-state index contributed by atoms with van der Waals surface area (Å²) in [6.07, 6.45) is 2.12. The van der Waals surface area contributed by atoms with Crippen LogP contribution in [0.15, 0.2) is 52.6 Å². The number of benzene rings is 1. The van der Waals surface area contributed by atoms with Gasteiger partial charge in [-0.3, -0.25) is 5.32 Å². The summed E-state index contributed by atoms with van der Waals surface area (Å²) in [5.41, 5.74) is 0.660. The number of carbonyl (C=O) groups excluding carboxylic acids is 1. The number of nitrogens with one attached hydrogen (secondary N) is 2. The highest BCUT2D eigenvalue weighted by atomic mass is 32.1. The van der Waals surface area contributed by atoms with Crippen molar-refractivity contribution in [3.8, 4) is 5.69 Å². The molecule has 1 aliphatic carbocycles. The van der Waals surface area contributed by atoms with E-state index in [0.29, 0.717) is 19.0 Å². The molecule has 1 aromatic carbocycles. The van der Waals surface area contributed by atoms with Crippen LogP contribution < -0.4 is 16.3 Å². The molecule has 4 rings (SSSR count). The van der Waals surface area contributed by atoms with E-state index in [0.717, 1.165) is 29.4 Å². The summed E-state index contributed by atoms with van der Waals surface area (Å²) in [4.78, 5) is 24.7. The summed E-state index contributed by atoms with van der Waals surface area (Å²) in [5.74, 6) is 1.16. The predicted octanol–water partition coefficient (Wildman–Crippen LogP) is 2.79. The zero-order valence-electron chi connectivity index (χ0n) is 14.1. The van der Waals surface area contributed by atoms with E-state index in [9.17, 15) is 9.59 Å². The highest BCUT2D eigenvalue weighted by Gasteiger charge is 2.31. The van der Waals surface area contributed by atoms with Crippen LogP contribution in [0.3, 0.4) is 0 Å². The molecule has 0 radical (unpaired) electrons. The average molecular weight is 369 g/mol. The summed E-state index contributed by atoms with van der Waals surface area (Å²) in [6, 6.07) is 13.0. The Kier molecular flexibility index (Phi) is 4.57. The normalized spacial score (nSPS) is 13.5. The first-order valence-electron chi connectivity index (χ1n) is 8.56. The first kappa shape index (κ1) is 16.6. The van der Waals surface area contributed by atoms with Crippen molar-refractivity contribution in [1.29, 1.82) is 0 Å². The maximum absolute atomic E-state index is 12.8. The molecule has 134 valence electrons. The van der Waals surface area contributed by atoms with Crippen LogP contribution in [0.5, 0.6) is 0 Å². The third kappa shape index (κ3) is 3.55. The molecule has 0 bridgehead atoms. The van der Waals surface area contributed by atoms with Crippen LogP contribution in [0.4, 0.5) is 9.80 Å². The monoisotopic (exact) mass is 369 g/mol. The first-order chi connectivity index (χ1) is 12.7. The van der Waals surface area contributed by atoms with E-state index in [4.69, 9.17) is 0 Å². The third-order valence-electron chi connectivity index (χ3n) is 4.19. The Hall–Kier alpha value is -2.87. The molecule has 8 heteroatoms. The van der Waals surface area contributed by atoms with Crippen LogP contribution in [0.1, 0.15) is 24.6 Å². The molecular formula is C18H19N5O2S. The van der Waals surface area contributed by atoms with Gasteiger partial charge in [-0.15, -0.1) is 11.3 Å². The van der Waals surface area contributed by atoms with Gasteiger partial charge in [-0.2, -0.15) is 5.10 Å². The Balaban J connectivity index is 1.45. The fourth-order valence-corrected chi connectivity index (χ4v) is 3.39. The molecule has 3 aromatic rings. The number of urea groups is 1. The van der Waals surface area contributed by atoms with Crippen molar-refractivity contribution in [3.05, 3.63) is 64.2 Å². The topological polar surface area (TPSA) is 81.0 Å². The molecule has 1 fully saturated rings. The second kappa shape index (κ2) is 7.17. The van der Waals surface area contributed by atoms with Crippen molar-refractivity contribution in [1.82, 2.24) is 19.7 Å². The summed E-state index contributed by atoms with van der Waals surface area (Å²) in [7, 11) is 0. The predicted molar refractivity (Wildman–Crippen MR) is 101 cm³/mol. The Morgan fingerprint density at radius 3 is 2.69 bits per heavy atom. The average Bonchev–Trinajstić information content (AvgIpc) is 3.28. The van der Waals surface area contributed by atoms with Gasteiger partial charge in [0.1, 0.15) is 5.82 Å². The van der Waals surface area contributed by atoms with Crippen LogP contribution >= 0.6 is 11.3 Å². The SMILES string of the molecule is O=C(NCCn1nc(C2CC2)n(-c2ccccc2)c1=O)Nc1cccs1. The lowest BCUT2D eigenvalue weighted by molar-refractivity contribution is 0.251. The van der Waals surface area contributed by atoms with Crippen molar-refractivity contribution in [3.63, 3.8) is 0 Å². The largest absolute Gasteiger partial charge is 0.350 e. The molecule has 0 saturated heterocycles. The van der Waals surface area contributed by atoms with E-state index in [1.165, 1.54) is 16.0 Å². The van der Waals surface area contributed by atoms with Crippen molar-refractivity contribution in [2.24, 2.45) is 0 Å². The van der Waals surface area contributed by atoms with Gasteiger partial charge in [-0.05, 0) is 42.5 Å². The maximum Gasteiger partial charge on any atom is 0.350 e. The molecule has 1 saturated carbocycles. The number of hydrogen-bond donors (Lipinski definition) is 2. The molecule has 1 aliphatic rings. The number of rotatable bonds is 6. The molecule has 2 N–H and O–H groups in total. The Morgan fingerprint density at radius 1 is 1.19 bits per heavy atom. The van der Waals surface area contributed by atoms with Crippen molar-refractivity contribution in [2.45, 2.75) is 25.3 Å². The van der Waals surface area contributed by atoms with Gasteiger partial charge in [0.2, 0.25) is 0 Å². The lowest BCUT2D eigenvalue weighted by Crippen LogP contribution is -2.34. The zero-order valence-corrected chi connectivity index (χ0v) is 14.9. The van der Waals surface area contributed by atoms with Crippen molar-refractivity contribution < 1.29 is 4.79 Å². The summed E-state index contributed by atoms with van der Waals surface area (Å²) < 4.78 is 3.12. The highest BCUT2D eigenvalue weighted by Crippen LogP contribution is 2.39. The Bertz CT molecular complexity index is 942. The van der Waals surface area contributed by atoms with E-state index < -0.39 is 0 Å². The fourth-order valence-electron chi connectivity index (χ4n) is 2.78. The number of aromatic nitrogens is 3. The fraction of sp³-hybridized carbons (Fsp3) is 0.278. The number of amides is 2. The molecule has 0 unspecified atom stereocenters. The number of nitrogens with zero attached hydrogens (tertiary/aromatic N) is 3. The number of para-hydroxylation sites is 1. The quantitative estimate of drug-likeness (QED) is 0.701. The molecule has 0 atom stereocenters. The van der Waals surface area contributed by atoms with Crippen LogP contribution in [-0.4, -0.2) is 26.9 Å². The molecule has 2 heterocycles. The van der Waals surface area contributed by atoms with Crippen LogP contribution in [-0.2, 0) is 6.54 Å². The van der Waals surface area contributed by atoms with Gasteiger partial charge >= 0.3 is 11.7 Å². The van der Waals surface area contributed by atoms with Crippen LogP contribution in [0.2, 0.25) is 0 Å².